The molecule has 0 saturated carbocycles. The highest BCUT2D eigenvalue weighted by Gasteiger charge is 2.35. The van der Waals surface area contributed by atoms with Crippen LogP contribution in [0.3, 0.4) is 0 Å². The molecule has 0 bridgehead atoms. The molecule has 2 aromatic carbocycles. The van der Waals surface area contributed by atoms with Gasteiger partial charge < -0.3 is 10.1 Å². The van der Waals surface area contributed by atoms with E-state index in [0.29, 0.717) is 17.2 Å². The maximum absolute atomic E-state index is 12.6. The van der Waals surface area contributed by atoms with Gasteiger partial charge in [0.25, 0.3) is 0 Å². The van der Waals surface area contributed by atoms with Crippen LogP contribution in [0.5, 0.6) is 5.75 Å². The molecule has 2 amide bonds. The first kappa shape index (κ1) is 19.6. The maximum atomic E-state index is 12.6. The topological polar surface area (TPSA) is 58.6 Å². The van der Waals surface area contributed by atoms with Crippen LogP contribution in [0.2, 0.25) is 0 Å². The molecule has 5 nitrogen and oxygen atoms in total. The Bertz CT molecular complexity index is 855. The van der Waals surface area contributed by atoms with E-state index >= 15 is 0 Å². The Kier molecular flexibility index (Phi) is 5.97. The Morgan fingerprint density at radius 3 is 2.63 bits per heavy atom. The number of aryl methyl sites for hydroxylation is 1. The molecular weight excluding hydrogens is 384 g/mol. The molecule has 1 aliphatic heterocycles. The Morgan fingerprint density at radius 2 is 2.00 bits per heavy atom. The van der Waals surface area contributed by atoms with Gasteiger partial charge in [-0.25, -0.2) is 0 Å². The number of rotatable bonds is 5. The lowest BCUT2D eigenvalue weighted by atomic mass is 10.1. The number of hydrogen-bond acceptors (Lipinski definition) is 4. The van der Waals surface area contributed by atoms with Crippen molar-refractivity contribution >= 4 is 46.6 Å². The number of anilines is 2. The number of halogens is 1. The Labute approximate surface area is 168 Å². The number of carbonyl (C=O) groups is 2. The fourth-order valence-corrected chi connectivity index (χ4v) is 4.12. The molecule has 7 heteroatoms. The van der Waals surface area contributed by atoms with Crippen molar-refractivity contribution in [2.45, 2.75) is 24.6 Å². The number of thioether (sulfide) groups is 1. The molecule has 1 aliphatic rings. The van der Waals surface area contributed by atoms with E-state index in [9.17, 15) is 9.59 Å². The number of nitrogens with zero attached hydrogens (tertiary/aromatic N) is 1. The fourth-order valence-electron chi connectivity index (χ4n) is 2.89. The van der Waals surface area contributed by atoms with Crippen molar-refractivity contribution in [1.29, 1.82) is 0 Å². The molecule has 1 fully saturated rings. The van der Waals surface area contributed by atoms with Gasteiger partial charge >= 0.3 is 0 Å². The van der Waals surface area contributed by atoms with E-state index in [1.54, 1.807) is 30.7 Å². The average molecular weight is 405 g/mol. The lowest BCUT2D eigenvalue weighted by Crippen LogP contribution is -2.28. The predicted octanol–water partition coefficient (Wildman–Crippen LogP) is 4.35. The average Bonchev–Trinajstić information content (AvgIpc) is 3.03. The van der Waals surface area contributed by atoms with E-state index in [1.807, 2.05) is 49.4 Å². The maximum Gasteiger partial charge on any atom is 0.242 e. The number of carbonyl (C=O) groups excluding carboxylic acids is 2. The predicted molar refractivity (Wildman–Crippen MR) is 111 cm³/mol. The quantitative estimate of drug-likeness (QED) is 0.753. The molecule has 1 N–H and O–H groups in total. The van der Waals surface area contributed by atoms with Crippen LogP contribution in [0.25, 0.3) is 0 Å². The molecule has 3 rings (SSSR count). The summed E-state index contributed by atoms with van der Waals surface area (Å²) in [6.07, 6.45) is 0. The van der Waals surface area contributed by atoms with Gasteiger partial charge in [-0.15, -0.1) is 23.4 Å². The standard InChI is InChI=1S/C20H21ClN2O3S/c1-12-4-9-17(26-3)16(10-12)23-18(24)11-27-20(23)14-5-7-15(8-6-14)22-19(25)13(2)21/h4-10,13,20H,11H2,1-3H3,(H,22,25)/t13-,20+/m0/s1. The summed E-state index contributed by atoms with van der Waals surface area (Å²) in [5.74, 6) is 0.869. The highest BCUT2D eigenvalue weighted by molar-refractivity contribution is 8.00. The Balaban J connectivity index is 1.89. The van der Waals surface area contributed by atoms with Crippen molar-refractivity contribution in [2.24, 2.45) is 0 Å². The molecule has 1 saturated heterocycles. The van der Waals surface area contributed by atoms with Gasteiger partial charge in [0.05, 0.1) is 18.6 Å². The second-order valence-electron chi connectivity index (χ2n) is 6.33. The van der Waals surface area contributed by atoms with Gasteiger partial charge in [-0.05, 0) is 49.2 Å². The summed E-state index contributed by atoms with van der Waals surface area (Å²) >= 11 is 7.35. The summed E-state index contributed by atoms with van der Waals surface area (Å²) in [5.41, 5.74) is 3.48. The van der Waals surface area contributed by atoms with E-state index in [-0.39, 0.29) is 17.2 Å². The molecule has 0 radical (unpaired) electrons. The SMILES string of the molecule is COc1ccc(C)cc1N1C(=O)CS[C@@H]1c1ccc(NC(=O)[C@H](C)Cl)cc1. The third kappa shape index (κ3) is 4.22. The highest BCUT2D eigenvalue weighted by atomic mass is 35.5. The zero-order valence-corrected chi connectivity index (χ0v) is 16.9. The van der Waals surface area contributed by atoms with E-state index in [1.165, 1.54) is 0 Å². The van der Waals surface area contributed by atoms with Crippen LogP contribution in [0.15, 0.2) is 42.5 Å². The lowest BCUT2D eigenvalue weighted by Gasteiger charge is -2.26. The monoisotopic (exact) mass is 404 g/mol. The molecule has 2 aromatic rings. The number of methoxy groups -OCH3 is 1. The van der Waals surface area contributed by atoms with Gasteiger partial charge in [0.1, 0.15) is 16.5 Å². The van der Waals surface area contributed by atoms with Crippen LogP contribution in [0.1, 0.15) is 23.4 Å². The van der Waals surface area contributed by atoms with Crippen molar-refractivity contribution in [3.63, 3.8) is 0 Å². The fraction of sp³-hybridized carbons (Fsp3) is 0.300. The normalized spacial score (nSPS) is 17.7. The Morgan fingerprint density at radius 1 is 1.30 bits per heavy atom. The van der Waals surface area contributed by atoms with Crippen molar-refractivity contribution < 1.29 is 14.3 Å². The van der Waals surface area contributed by atoms with Gasteiger partial charge in [0.2, 0.25) is 11.8 Å². The third-order valence-electron chi connectivity index (χ3n) is 4.29. The molecule has 27 heavy (non-hydrogen) atoms. The van der Waals surface area contributed by atoms with E-state index < -0.39 is 5.38 Å². The summed E-state index contributed by atoms with van der Waals surface area (Å²) in [6.45, 7) is 3.61. The Hall–Kier alpha value is -2.18. The van der Waals surface area contributed by atoms with E-state index in [4.69, 9.17) is 16.3 Å². The third-order valence-corrected chi connectivity index (χ3v) is 5.70. The number of amides is 2. The summed E-state index contributed by atoms with van der Waals surface area (Å²) in [4.78, 5) is 26.1. The molecule has 0 spiro atoms. The van der Waals surface area contributed by atoms with Crippen LogP contribution in [0, 0.1) is 6.92 Å². The smallest absolute Gasteiger partial charge is 0.242 e. The molecule has 0 aliphatic carbocycles. The summed E-state index contributed by atoms with van der Waals surface area (Å²) in [5, 5.41) is 2.01. The molecule has 2 atom stereocenters. The first-order chi connectivity index (χ1) is 12.9. The highest BCUT2D eigenvalue weighted by Crippen LogP contribution is 2.45. The van der Waals surface area contributed by atoms with Crippen molar-refractivity contribution in [3.05, 3.63) is 53.6 Å². The van der Waals surface area contributed by atoms with Crippen molar-refractivity contribution in [2.75, 3.05) is 23.1 Å². The minimum absolute atomic E-state index is 0.0437. The van der Waals surface area contributed by atoms with Gasteiger partial charge in [0, 0.05) is 5.69 Å². The van der Waals surface area contributed by atoms with Gasteiger partial charge in [-0.2, -0.15) is 0 Å². The van der Waals surface area contributed by atoms with Gasteiger partial charge in [-0.1, -0.05) is 18.2 Å². The summed E-state index contributed by atoms with van der Waals surface area (Å²) in [7, 11) is 1.60. The van der Waals surface area contributed by atoms with Crippen LogP contribution in [-0.4, -0.2) is 30.1 Å². The van der Waals surface area contributed by atoms with E-state index in [0.717, 1.165) is 16.8 Å². The van der Waals surface area contributed by atoms with E-state index in [2.05, 4.69) is 5.32 Å². The van der Waals surface area contributed by atoms with Crippen LogP contribution >= 0.6 is 23.4 Å². The number of nitrogens with one attached hydrogen (secondary N) is 1. The molecule has 142 valence electrons. The molecule has 0 unspecified atom stereocenters. The second-order valence-corrected chi connectivity index (χ2v) is 8.05. The summed E-state index contributed by atoms with van der Waals surface area (Å²) in [6, 6.07) is 13.3. The number of alkyl halides is 1. The summed E-state index contributed by atoms with van der Waals surface area (Å²) < 4.78 is 5.47. The lowest BCUT2D eigenvalue weighted by molar-refractivity contribution is -0.116. The zero-order chi connectivity index (χ0) is 19.6. The zero-order valence-electron chi connectivity index (χ0n) is 15.4. The number of hydrogen-bond donors (Lipinski definition) is 1. The first-order valence-electron chi connectivity index (χ1n) is 8.54. The minimum atomic E-state index is -0.600. The van der Waals surface area contributed by atoms with Crippen molar-refractivity contribution in [3.8, 4) is 5.75 Å². The molecule has 1 heterocycles. The largest absolute Gasteiger partial charge is 0.495 e. The molecule has 0 aromatic heterocycles. The van der Waals surface area contributed by atoms with Crippen molar-refractivity contribution in [1.82, 2.24) is 0 Å². The van der Waals surface area contributed by atoms with Gasteiger partial charge in [0.15, 0.2) is 0 Å². The first-order valence-corrected chi connectivity index (χ1v) is 10.0. The van der Waals surface area contributed by atoms with Gasteiger partial charge in [-0.3, -0.25) is 14.5 Å². The molecular formula is C20H21ClN2O3S. The van der Waals surface area contributed by atoms with Crippen LogP contribution in [-0.2, 0) is 9.59 Å². The number of ether oxygens (including phenoxy) is 1. The minimum Gasteiger partial charge on any atom is -0.495 e. The van der Waals surface area contributed by atoms with Crippen LogP contribution in [0.4, 0.5) is 11.4 Å². The second kappa shape index (κ2) is 8.23. The number of benzene rings is 2. The van der Waals surface area contributed by atoms with Crippen LogP contribution < -0.4 is 15.0 Å².